The van der Waals surface area contributed by atoms with Crippen LogP contribution in [-0.2, 0) is 0 Å². The summed E-state index contributed by atoms with van der Waals surface area (Å²) in [5, 5.41) is 7.67. The van der Waals surface area contributed by atoms with Gasteiger partial charge in [0.15, 0.2) is 5.96 Å². The number of halogens is 1. The molecule has 3 rings (SSSR count). The largest absolute Gasteiger partial charge is 0.495 e. The Hall–Kier alpha value is -1.62. The highest BCUT2D eigenvalue weighted by molar-refractivity contribution is 6.30. The summed E-state index contributed by atoms with van der Waals surface area (Å²) in [6.07, 6.45) is 3.73. The Morgan fingerprint density at radius 3 is 2.92 bits per heavy atom. The predicted molar refractivity (Wildman–Crippen MR) is 100 cm³/mol. The number of ether oxygens (including phenoxy) is 1. The van der Waals surface area contributed by atoms with Crippen molar-refractivity contribution in [3.05, 3.63) is 23.2 Å². The molecule has 132 valence electrons. The first-order chi connectivity index (χ1) is 11.7. The van der Waals surface area contributed by atoms with Gasteiger partial charge in [-0.1, -0.05) is 11.6 Å². The number of benzene rings is 1. The normalized spacial score (nSPS) is 21.0. The highest BCUT2D eigenvalue weighted by Gasteiger charge is 2.26. The van der Waals surface area contributed by atoms with Crippen LogP contribution < -0.4 is 20.3 Å². The number of anilines is 1. The summed E-state index contributed by atoms with van der Waals surface area (Å²) in [5.41, 5.74) is 1.06. The first-order valence-corrected chi connectivity index (χ1v) is 9.20. The molecule has 24 heavy (non-hydrogen) atoms. The number of hydrogen-bond donors (Lipinski definition) is 2. The molecule has 0 aromatic heterocycles. The smallest absolute Gasteiger partial charge is 0.191 e. The molecular formula is C18H27ClN4O. The summed E-state index contributed by atoms with van der Waals surface area (Å²) >= 11 is 6.16. The van der Waals surface area contributed by atoms with E-state index in [2.05, 4.69) is 22.5 Å². The molecule has 2 N–H and O–H groups in total. The predicted octanol–water partition coefficient (Wildman–Crippen LogP) is 2.89. The summed E-state index contributed by atoms with van der Waals surface area (Å²) in [5.74, 6) is 2.61. The van der Waals surface area contributed by atoms with Crippen molar-refractivity contribution in [3.8, 4) is 5.75 Å². The van der Waals surface area contributed by atoms with E-state index in [4.69, 9.17) is 21.3 Å². The second kappa shape index (κ2) is 7.97. The van der Waals surface area contributed by atoms with Crippen molar-refractivity contribution in [1.82, 2.24) is 10.6 Å². The maximum absolute atomic E-state index is 6.16. The average Bonchev–Trinajstić information content (AvgIpc) is 3.30. The molecule has 0 spiro atoms. The summed E-state index contributed by atoms with van der Waals surface area (Å²) in [7, 11) is 1.70. The summed E-state index contributed by atoms with van der Waals surface area (Å²) in [4.78, 5) is 7.04. The Labute approximate surface area is 149 Å². The van der Waals surface area contributed by atoms with E-state index in [1.165, 1.54) is 12.8 Å². The van der Waals surface area contributed by atoms with E-state index in [0.717, 1.165) is 60.9 Å². The van der Waals surface area contributed by atoms with E-state index in [-0.39, 0.29) is 0 Å². The molecule has 1 aliphatic heterocycles. The summed E-state index contributed by atoms with van der Waals surface area (Å²) in [6, 6.07) is 6.16. The Bertz CT molecular complexity index is 588. The topological polar surface area (TPSA) is 48.9 Å². The molecule has 6 heteroatoms. The zero-order chi connectivity index (χ0) is 16.9. The zero-order valence-electron chi connectivity index (χ0n) is 14.5. The highest BCUT2D eigenvalue weighted by atomic mass is 35.5. The van der Waals surface area contributed by atoms with Crippen LogP contribution in [0.15, 0.2) is 23.2 Å². The third-order valence-electron chi connectivity index (χ3n) is 4.56. The number of methoxy groups -OCH3 is 1. The molecule has 1 saturated heterocycles. The van der Waals surface area contributed by atoms with Crippen LogP contribution in [0.2, 0.25) is 5.02 Å². The van der Waals surface area contributed by atoms with Gasteiger partial charge in [0, 0.05) is 37.2 Å². The fourth-order valence-corrected chi connectivity index (χ4v) is 3.21. The summed E-state index contributed by atoms with van der Waals surface area (Å²) in [6.45, 7) is 5.83. The van der Waals surface area contributed by atoms with Crippen LogP contribution in [0.1, 0.15) is 26.2 Å². The lowest BCUT2D eigenvalue weighted by Crippen LogP contribution is -2.44. The fraction of sp³-hybridized carbons (Fsp3) is 0.611. The molecule has 0 amide bonds. The molecule has 2 fully saturated rings. The standard InChI is InChI=1S/C18H27ClN4O/c1-3-20-18(21-11-13-4-5-13)22-15-8-9-23(12-15)16-10-14(19)6-7-17(16)24-2/h6-7,10,13,15H,3-5,8-9,11-12H2,1-2H3,(H2,20,21,22). The van der Waals surface area contributed by atoms with Gasteiger partial charge in [-0.25, -0.2) is 0 Å². The lowest BCUT2D eigenvalue weighted by atomic mass is 10.2. The van der Waals surface area contributed by atoms with Crippen molar-refractivity contribution in [2.24, 2.45) is 10.9 Å². The molecule has 1 atom stereocenters. The molecule has 1 unspecified atom stereocenters. The Morgan fingerprint density at radius 2 is 2.21 bits per heavy atom. The highest BCUT2D eigenvalue weighted by Crippen LogP contribution is 2.33. The minimum absolute atomic E-state index is 0.380. The minimum Gasteiger partial charge on any atom is -0.495 e. The van der Waals surface area contributed by atoms with Gasteiger partial charge in [-0.2, -0.15) is 0 Å². The number of nitrogens with one attached hydrogen (secondary N) is 2. The van der Waals surface area contributed by atoms with Crippen LogP contribution >= 0.6 is 11.6 Å². The van der Waals surface area contributed by atoms with Crippen LogP contribution in [0.25, 0.3) is 0 Å². The van der Waals surface area contributed by atoms with Gasteiger partial charge in [-0.3, -0.25) is 4.99 Å². The number of guanidine groups is 1. The molecule has 5 nitrogen and oxygen atoms in total. The minimum atomic E-state index is 0.380. The molecule has 2 aliphatic rings. The average molecular weight is 351 g/mol. The molecule has 1 heterocycles. The van der Waals surface area contributed by atoms with E-state index in [9.17, 15) is 0 Å². The second-order valence-corrected chi connectivity index (χ2v) is 6.99. The maximum atomic E-state index is 6.16. The number of nitrogens with zero attached hydrogens (tertiary/aromatic N) is 2. The Kier molecular flexibility index (Phi) is 5.72. The third kappa shape index (κ3) is 4.47. The number of rotatable bonds is 6. The van der Waals surface area contributed by atoms with E-state index in [1.807, 2.05) is 18.2 Å². The number of hydrogen-bond acceptors (Lipinski definition) is 3. The van der Waals surface area contributed by atoms with Crippen molar-refractivity contribution in [2.45, 2.75) is 32.2 Å². The van der Waals surface area contributed by atoms with E-state index < -0.39 is 0 Å². The lowest BCUT2D eigenvalue weighted by Gasteiger charge is -2.22. The van der Waals surface area contributed by atoms with E-state index in [1.54, 1.807) is 7.11 Å². The Balaban J connectivity index is 1.61. The molecular weight excluding hydrogens is 324 g/mol. The third-order valence-corrected chi connectivity index (χ3v) is 4.79. The van der Waals surface area contributed by atoms with Crippen LogP contribution in [0.5, 0.6) is 5.75 Å². The van der Waals surface area contributed by atoms with Crippen LogP contribution in [0.3, 0.4) is 0 Å². The van der Waals surface area contributed by atoms with Gasteiger partial charge in [-0.05, 0) is 50.3 Å². The van der Waals surface area contributed by atoms with Crippen molar-refractivity contribution < 1.29 is 4.74 Å². The van der Waals surface area contributed by atoms with Crippen molar-refractivity contribution >= 4 is 23.2 Å². The first-order valence-electron chi connectivity index (χ1n) is 8.83. The lowest BCUT2D eigenvalue weighted by molar-refractivity contribution is 0.415. The zero-order valence-corrected chi connectivity index (χ0v) is 15.3. The first kappa shape index (κ1) is 17.2. The van der Waals surface area contributed by atoms with Gasteiger partial charge in [0.25, 0.3) is 0 Å². The van der Waals surface area contributed by atoms with Crippen molar-refractivity contribution in [3.63, 3.8) is 0 Å². The molecule has 1 aromatic carbocycles. The fourth-order valence-electron chi connectivity index (χ4n) is 3.04. The van der Waals surface area contributed by atoms with E-state index >= 15 is 0 Å². The molecule has 0 bridgehead atoms. The van der Waals surface area contributed by atoms with Gasteiger partial charge in [0.1, 0.15) is 5.75 Å². The van der Waals surface area contributed by atoms with Crippen molar-refractivity contribution in [2.75, 3.05) is 38.2 Å². The quantitative estimate of drug-likeness (QED) is 0.612. The molecule has 1 saturated carbocycles. The SMILES string of the molecule is CCNC(=NCC1CC1)NC1CCN(c2cc(Cl)ccc2OC)C1. The number of aliphatic imine (C=N–C) groups is 1. The maximum Gasteiger partial charge on any atom is 0.191 e. The molecule has 1 aliphatic carbocycles. The monoisotopic (exact) mass is 350 g/mol. The van der Waals surface area contributed by atoms with Gasteiger partial charge >= 0.3 is 0 Å². The van der Waals surface area contributed by atoms with Crippen LogP contribution in [0.4, 0.5) is 5.69 Å². The second-order valence-electron chi connectivity index (χ2n) is 6.56. The molecule has 1 aromatic rings. The summed E-state index contributed by atoms with van der Waals surface area (Å²) < 4.78 is 5.48. The van der Waals surface area contributed by atoms with Gasteiger partial charge in [0.2, 0.25) is 0 Å². The van der Waals surface area contributed by atoms with Gasteiger partial charge in [-0.15, -0.1) is 0 Å². The Morgan fingerprint density at radius 1 is 1.38 bits per heavy atom. The van der Waals surface area contributed by atoms with Gasteiger partial charge < -0.3 is 20.3 Å². The van der Waals surface area contributed by atoms with Crippen molar-refractivity contribution in [1.29, 1.82) is 0 Å². The van der Waals surface area contributed by atoms with Crippen LogP contribution in [0, 0.1) is 5.92 Å². The van der Waals surface area contributed by atoms with E-state index in [0.29, 0.717) is 6.04 Å². The molecule has 0 radical (unpaired) electrons. The van der Waals surface area contributed by atoms with Gasteiger partial charge in [0.05, 0.1) is 12.8 Å². The van der Waals surface area contributed by atoms with Crippen LogP contribution in [-0.4, -0.2) is 45.3 Å².